The Balaban J connectivity index is 3.02. The van der Waals surface area contributed by atoms with E-state index in [0.29, 0.717) is 0 Å². The van der Waals surface area contributed by atoms with Crippen LogP contribution in [0.4, 0.5) is 0 Å². The van der Waals surface area contributed by atoms with Gasteiger partial charge in [0.15, 0.2) is 0 Å². The van der Waals surface area contributed by atoms with Crippen molar-refractivity contribution in [2.45, 2.75) is 20.8 Å². The van der Waals surface area contributed by atoms with Gasteiger partial charge in [-0.3, -0.25) is 0 Å². The molecule has 0 fully saturated rings. The van der Waals surface area contributed by atoms with Gasteiger partial charge in [0.05, 0.1) is 0 Å². The van der Waals surface area contributed by atoms with Gasteiger partial charge in [0.2, 0.25) is 0 Å². The van der Waals surface area contributed by atoms with E-state index in [1.54, 1.807) is 0 Å². The molecule has 0 N–H and O–H groups in total. The highest BCUT2D eigenvalue weighted by atomic mass is 14.2. The van der Waals surface area contributed by atoms with Crippen LogP contribution >= 0.6 is 0 Å². The topological polar surface area (TPSA) is 0 Å². The summed E-state index contributed by atoms with van der Waals surface area (Å²) in [5.41, 5.74) is 2.67. The maximum Gasteiger partial charge on any atom is -0.0132 e. The highest BCUT2D eigenvalue weighted by molar-refractivity contribution is 5.56. The first-order chi connectivity index (χ1) is 6.54. The summed E-state index contributed by atoms with van der Waals surface area (Å²) in [6.07, 6.45) is 4.12. The quantitative estimate of drug-likeness (QED) is 0.604. The van der Waals surface area contributed by atoms with Gasteiger partial charge in [-0.15, -0.1) is 0 Å². The maximum atomic E-state index is 3.86. The first-order valence-electron chi connectivity index (χ1n) is 4.93. The minimum atomic E-state index is 0.164. The van der Waals surface area contributed by atoms with Crippen LogP contribution in [0.3, 0.4) is 0 Å². The van der Waals surface area contributed by atoms with Gasteiger partial charge in [0.25, 0.3) is 0 Å². The van der Waals surface area contributed by atoms with Crippen molar-refractivity contribution in [1.82, 2.24) is 0 Å². The van der Waals surface area contributed by atoms with Gasteiger partial charge >= 0.3 is 0 Å². The minimum absolute atomic E-state index is 0.164. The first-order valence-corrected chi connectivity index (χ1v) is 4.93. The molecule has 0 spiro atoms. The molecule has 1 aromatic rings. The van der Waals surface area contributed by atoms with Gasteiger partial charge in [-0.2, -0.15) is 0 Å². The lowest BCUT2D eigenvalue weighted by Gasteiger charge is -2.20. The monoisotopic (exact) mass is 186 g/mol. The number of allylic oxidation sites excluding steroid dienone is 2. The van der Waals surface area contributed by atoms with Crippen LogP contribution in [0.5, 0.6) is 0 Å². The molecule has 0 atom stereocenters. The molecule has 0 saturated carbocycles. The predicted molar refractivity (Wildman–Crippen MR) is 64.1 cm³/mol. The zero-order chi connectivity index (χ0) is 10.6. The Hall–Kier alpha value is -1.30. The Kier molecular flexibility index (Phi) is 3.29. The molecule has 0 aliphatic heterocycles. The molecule has 14 heavy (non-hydrogen) atoms. The van der Waals surface area contributed by atoms with Crippen LogP contribution in [0.25, 0.3) is 6.08 Å². The van der Waals surface area contributed by atoms with Crippen molar-refractivity contribution in [2.24, 2.45) is 5.41 Å². The Morgan fingerprint density at radius 2 is 1.71 bits per heavy atom. The van der Waals surface area contributed by atoms with Crippen molar-refractivity contribution >= 4 is 6.08 Å². The summed E-state index contributed by atoms with van der Waals surface area (Å²) in [5.74, 6) is 0. The molecule has 1 rings (SSSR count). The lowest BCUT2D eigenvalue weighted by molar-refractivity contribution is 0.521. The third-order valence-corrected chi connectivity index (χ3v) is 2.21. The molecule has 0 heterocycles. The van der Waals surface area contributed by atoms with E-state index in [4.69, 9.17) is 0 Å². The Labute approximate surface area is 87.0 Å². The summed E-state index contributed by atoms with van der Waals surface area (Å²) in [6, 6.07) is 10.3. The van der Waals surface area contributed by atoms with Crippen molar-refractivity contribution in [3.05, 3.63) is 54.1 Å². The summed E-state index contributed by atoms with van der Waals surface area (Å²) in [7, 11) is 0. The summed E-state index contributed by atoms with van der Waals surface area (Å²) < 4.78 is 0. The number of hydrogen-bond acceptors (Lipinski definition) is 0. The molecule has 0 bridgehead atoms. The summed E-state index contributed by atoms with van der Waals surface area (Å²) in [4.78, 5) is 0. The molecular formula is C14H18. The van der Waals surface area contributed by atoms with E-state index in [9.17, 15) is 0 Å². The fourth-order valence-electron chi connectivity index (χ4n) is 1.31. The molecule has 0 aromatic heterocycles. The van der Waals surface area contributed by atoms with Crippen molar-refractivity contribution < 1.29 is 0 Å². The maximum absolute atomic E-state index is 3.86. The highest BCUT2D eigenvalue weighted by Crippen LogP contribution is 2.27. The van der Waals surface area contributed by atoms with Crippen LogP contribution in [-0.2, 0) is 0 Å². The summed E-state index contributed by atoms with van der Waals surface area (Å²) >= 11 is 0. The average Bonchev–Trinajstić information content (AvgIpc) is 2.14. The van der Waals surface area contributed by atoms with E-state index in [0.717, 1.165) is 0 Å². The van der Waals surface area contributed by atoms with E-state index in [1.165, 1.54) is 11.1 Å². The number of hydrogen-bond donors (Lipinski definition) is 0. The second-order valence-corrected chi connectivity index (χ2v) is 4.46. The third kappa shape index (κ3) is 2.88. The van der Waals surface area contributed by atoms with Crippen LogP contribution < -0.4 is 0 Å². The van der Waals surface area contributed by atoms with Crippen LogP contribution in [0.2, 0.25) is 0 Å². The second-order valence-electron chi connectivity index (χ2n) is 4.46. The van der Waals surface area contributed by atoms with Crippen molar-refractivity contribution in [2.75, 3.05) is 0 Å². The first kappa shape index (κ1) is 10.8. The molecule has 0 nitrogen and oxygen atoms in total. The number of rotatable bonds is 2. The van der Waals surface area contributed by atoms with Gasteiger partial charge in [-0.05, 0) is 16.6 Å². The van der Waals surface area contributed by atoms with Gasteiger partial charge in [0, 0.05) is 0 Å². The zero-order valence-electron chi connectivity index (χ0n) is 9.25. The molecule has 0 saturated heterocycles. The van der Waals surface area contributed by atoms with Crippen LogP contribution in [0, 0.1) is 5.41 Å². The Bertz CT molecular complexity index is 323. The smallest absolute Gasteiger partial charge is 0.0132 e. The van der Waals surface area contributed by atoms with E-state index >= 15 is 0 Å². The molecule has 0 heteroatoms. The standard InChI is InChI=1S/C14H18/c1-5-13(14(2,3)4)11-12-9-7-6-8-10-12/h5-11H,1H2,2-4H3/b13-11+. The Morgan fingerprint density at radius 1 is 1.14 bits per heavy atom. The highest BCUT2D eigenvalue weighted by Gasteiger charge is 2.13. The summed E-state index contributed by atoms with van der Waals surface area (Å²) in [5, 5.41) is 0. The fraction of sp³-hybridized carbons (Fsp3) is 0.286. The van der Waals surface area contributed by atoms with Gasteiger partial charge in [-0.1, -0.05) is 69.8 Å². The van der Waals surface area contributed by atoms with Gasteiger partial charge in [0.1, 0.15) is 0 Å². The lowest BCUT2D eigenvalue weighted by atomic mass is 9.85. The predicted octanol–water partition coefficient (Wildman–Crippen LogP) is 4.30. The van der Waals surface area contributed by atoms with E-state index in [1.807, 2.05) is 12.1 Å². The Morgan fingerprint density at radius 3 is 2.14 bits per heavy atom. The van der Waals surface area contributed by atoms with Gasteiger partial charge in [-0.25, -0.2) is 0 Å². The van der Waals surface area contributed by atoms with Crippen LogP contribution in [-0.4, -0.2) is 0 Å². The average molecular weight is 186 g/mol. The van der Waals surface area contributed by atoms with E-state index < -0.39 is 0 Å². The van der Waals surface area contributed by atoms with Crippen molar-refractivity contribution in [3.63, 3.8) is 0 Å². The van der Waals surface area contributed by atoms with Crippen molar-refractivity contribution in [3.8, 4) is 0 Å². The third-order valence-electron chi connectivity index (χ3n) is 2.21. The largest absolute Gasteiger partial charge is 0.0988 e. The molecular weight excluding hydrogens is 168 g/mol. The lowest BCUT2D eigenvalue weighted by Crippen LogP contribution is -2.06. The van der Waals surface area contributed by atoms with E-state index in [-0.39, 0.29) is 5.41 Å². The SMILES string of the molecule is C=C/C(=C\c1ccccc1)C(C)(C)C. The fourth-order valence-corrected chi connectivity index (χ4v) is 1.31. The number of benzene rings is 1. The molecule has 0 unspecified atom stereocenters. The molecule has 0 radical (unpaired) electrons. The van der Waals surface area contributed by atoms with Crippen molar-refractivity contribution in [1.29, 1.82) is 0 Å². The molecule has 0 aliphatic rings. The van der Waals surface area contributed by atoms with Crippen LogP contribution in [0.1, 0.15) is 26.3 Å². The van der Waals surface area contributed by atoms with Gasteiger partial charge < -0.3 is 0 Å². The molecule has 1 aromatic carbocycles. The molecule has 0 amide bonds. The summed E-state index contributed by atoms with van der Waals surface area (Å²) in [6.45, 7) is 10.4. The zero-order valence-corrected chi connectivity index (χ0v) is 9.25. The van der Waals surface area contributed by atoms with E-state index in [2.05, 4.69) is 57.7 Å². The minimum Gasteiger partial charge on any atom is -0.0988 e. The normalized spacial score (nSPS) is 12.6. The molecule has 0 aliphatic carbocycles. The molecule has 74 valence electrons. The van der Waals surface area contributed by atoms with Crippen LogP contribution in [0.15, 0.2) is 48.6 Å². The second kappa shape index (κ2) is 4.28.